The van der Waals surface area contributed by atoms with E-state index in [2.05, 4.69) is 54.4 Å². The highest BCUT2D eigenvalue weighted by Crippen LogP contribution is 2.28. The summed E-state index contributed by atoms with van der Waals surface area (Å²) in [5, 5.41) is 3.55. The molecule has 3 N–H and O–H groups in total. The lowest BCUT2D eigenvalue weighted by Crippen LogP contribution is -2.42. The number of pyridine rings is 1. The van der Waals surface area contributed by atoms with Gasteiger partial charge in [-0.2, -0.15) is 0 Å². The molecule has 2 saturated heterocycles. The molecule has 33 heavy (non-hydrogen) atoms. The van der Waals surface area contributed by atoms with Crippen LogP contribution in [0, 0.1) is 12.7 Å². The number of likely N-dealkylation sites (tertiary alicyclic amines) is 1. The van der Waals surface area contributed by atoms with Crippen molar-refractivity contribution in [3.8, 4) is 11.4 Å². The van der Waals surface area contributed by atoms with Crippen LogP contribution in [0.4, 0.5) is 10.2 Å². The Morgan fingerprint density at radius 1 is 1.09 bits per heavy atom. The van der Waals surface area contributed by atoms with Gasteiger partial charge in [0.15, 0.2) is 17.0 Å². The molecule has 0 aliphatic carbocycles. The summed E-state index contributed by atoms with van der Waals surface area (Å²) in [6.07, 6.45) is 4.03. The van der Waals surface area contributed by atoms with Crippen LogP contribution in [0.2, 0.25) is 0 Å². The number of piperazine rings is 1. The molecule has 6 rings (SSSR count). The van der Waals surface area contributed by atoms with Crippen LogP contribution < -0.4 is 11.1 Å². The summed E-state index contributed by atoms with van der Waals surface area (Å²) in [6, 6.07) is 11.4. The second-order valence-electron chi connectivity index (χ2n) is 8.98. The summed E-state index contributed by atoms with van der Waals surface area (Å²) in [4.78, 5) is 20.1. The van der Waals surface area contributed by atoms with Gasteiger partial charge in [0, 0.05) is 43.5 Å². The third kappa shape index (κ3) is 3.73. The summed E-state index contributed by atoms with van der Waals surface area (Å²) in [6.45, 7) is 5.51. The SMILES string of the molecule is Cc1nc(N)c2nc(-c3cncc(F)c3)n(Cc3ccc(CN4C[C@@H]5C[C@H]4CN5)cc3)c2n1. The Labute approximate surface area is 190 Å². The first kappa shape index (κ1) is 20.2. The normalized spacial score (nSPS) is 20.2. The Balaban J connectivity index is 1.33. The summed E-state index contributed by atoms with van der Waals surface area (Å²) in [5.74, 6) is 1.02. The van der Waals surface area contributed by atoms with Crippen molar-refractivity contribution < 1.29 is 4.39 Å². The highest BCUT2D eigenvalue weighted by atomic mass is 19.1. The zero-order valence-corrected chi connectivity index (χ0v) is 18.4. The lowest BCUT2D eigenvalue weighted by atomic mass is 10.1. The predicted octanol–water partition coefficient (Wildman–Crippen LogP) is 2.51. The first-order valence-electron chi connectivity index (χ1n) is 11.2. The van der Waals surface area contributed by atoms with Gasteiger partial charge in [0.2, 0.25) is 0 Å². The van der Waals surface area contributed by atoms with Gasteiger partial charge in [0.25, 0.3) is 0 Å². The molecule has 2 aliphatic rings. The maximum atomic E-state index is 13.9. The number of aryl methyl sites for hydroxylation is 1. The van der Waals surface area contributed by atoms with E-state index in [1.165, 1.54) is 24.2 Å². The molecule has 2 aliphatic heterocycles. The molecule has 168 valence electrons. The largest absolute Gasteiger partial charge is 0.382 e. The third-order valence-electron chi connectivity index (χ3n) is 6.62. The van der Waals surface area contributed by atoms with E-state index in [0.717, 1.165) is 25.2 Å². The van der Waals surface area contributed by atoms with Gasteiger partial charge < -0.3 is 15.6 Å². The first-order chi connectivity index (χ1) is 16.0. The number of anilines is 1. The monoisotopic (exact) mass is 444 g/mol. The molecule has 2 atom stereocenters. The van der Waals surface area contributed by atoms with Gasteiger partial charge in [-0.3, -0.25) is 9.88 Å². The summed E-state index contributed by atoms with van der Waals surface area (Å²) >= 11 is 0. The Hall–Kier alpha value is -3.43. The van der Waals surface area contributed by atoms with Crippen molar-refractivity contribution in [1.82, 2.24) is 34.7 Å². The zero-order chi connectivity index (χ0) is 22.5. The van der Waals surface area contributed by atoms with Crippen molar-refractivity contribution in [2.75, 3.05) is 18.8 Å². The van der Waals surface area contributed by atoms with Gasteiger partial charge in [0.05, 0.1) is 12.7 Å². The van der Waals surface area contributed by atoms with Crippen LogP contribution in [0.5, 0.6) is 0 Å². The van der Waals surface area contributed by atoms with Crippen LogP contribution in [-0.4, -0.2) is 54.6 Å². The van der Waals surface area contributed by atoms with E-state index < -0.39 is 5.82 Å². The number of nitrogens with zero attached hydrogens (tertiary/aromatic N) is 6. The van der Waals surface area contributed by atoms with E-state index in [9.17, 15) is 4.39 Å². The lowest BCUT2D eigenvalue weighted by molar-refractivity contribution is 0.218. The van der Waals surface area contributed by atoms with E-state index in [0.29, 0.717) is 52.8 Å². The van der Waals surface area contributed by atoms with E-state index in [4.69, 9.17) is 5.73 Å². The summed E-state index contributed by atoms with van der Waals surface area (Å²) in [7, 11) is 0. The fraction of sp³-hybridized carbons (Fsp3) is 0.333. The number of nitrogens with two attached hydrogens (primary N) is 1. The van der Waals surface area contributed by atoms with Gasteiger partial charge in [0.1, 0.15) is 17.5 Å². The molecular formula is C24H25FN8. The standard InChI is InChI=1S/C24H25FN8/c1-14-29-22(26)21-24(30-14)33(23(31-21)17-6-18(25)9-27-8-17)12-16-4-2-15(3-5-16)11-32-13-19-7-20(32)10-28-19/h2-6,8-9,19-20,28H,7,10-13H2,1H3,(H2,26,29,30)/t19-,20-/m0/s1. The van der Waals surface area contributed by atoms with Crippen molar-refractivity contribution in [2.24, 2.45) is 0 Å². The molecule has 2 bridgehead atoms. The van der Waals surface area contributed by atoms with Crippen molar-refractivity contribution in [2.45, 2.75) is 38.5 Å². The van der Waals surface area contributed by atoms with Crippen molar-refractivity contribution in [3.05, 3.63) is 65.5 Å². The van der Waals surface area contributed by atoms with Gasteiger partial charge in [-0.1, -0.05) is 24.3 Å². The second-order valence-corrected chi connectivity index (χ2v) is 8.98. The fourth-order valence-corrected chi connectivity index (χ4v) is 5.05. The molecule has 0 saturated carbocycles. The van der Waals surface area contributed by atoms with Crippen molar-refractivity contribution in [3.63, 3.8) is 0 Å². The maximum Gasteiger partial charge on any atom is 0.166 e. The number of hydrogen-bond acceptors (Lipinski definition) is 7. The first-order valence-corrected chi connectivity index (χ1v) is 11.2. The average Bonchev–Trinajstić information content (AvgIpc) is 3.50. The highest BCUT2D eigenvalue weighted by Gasteiger charge is 2.37. The summed E-state index contributed by atoms with van der Waals surface area (Å²) < 4.78 is 15.9. The number of fused-ring (bicyclic) bond motifs is 3. The second kappa shape index (κ2) is 7.86. The molecule has 0 radical (unpaired) electrons. The number of halogens is 1. The van der Waals surface area contributed by atoms with Crippen LogP contribution in [0.3, 0.4) is 0 Å². The fourth-order valence-electron chi connectivity index (χ4n) is 5.05. The van der Waals surface area contributed by atoms with Crippen molar-refractivity contribution >= 4 is 17.0 Å². The highest BCUT2D eigenvalue weighted by molar-refractivity contribution is 5.85. The maximum absolute atomic E-state index is 13.9. The quantitative estimate of drug-likeness (QED) is 0.488. The molecule has 5 heterocycles. The minimum absolute atomic E-state index is 0.312. The third-order valence-corrected chi connectivity index (χ3v) is 6.62. The van der Waals surface area contributed by atoms with Crippen molar-refractivity contribution in [1.29, 1.82) is 0 Å². The van der Waals surface area contributed by atoms with E-state index in [1.54, 1.807) is 13.1 Å². The predicted molar refractivity (Wildman–Crippen MR) is 124 cm³/mol. The van der Waals surface area contributed by atoms with Crippen LogP contribution in [0.25, 0.3) is 22.6 Å². The summed E-state index contributed by atoms with van der Waals surface area (Å²) in [5.41, 5.74) is 10.2. The number of nitrogens with one attached hydrogen (secondary N) is 1. The van der Waals surface area contributed by atoms with Gasteiger partial charge in [-0.05, 0) is 30.5 Å². The molecule has 9 heteroatoms. The molecule has 0 spiro atoms. The Morgan fingerprint density at radius 3 is 2.58 bits per heavy atom. The Bertz CT molecular complexity index is 1330. The number of rotatable bonds is 5. The molecule has 0 amide bonds. The smallest absolute Gasteiger partial charge is 0.166 e. The van der Waals surface area contributed by atoms with Gasteiger partial charge in [-0.25, -0.2) is 19.3 Å². The zero-order valence-electron chi connectivity index (χ0n) is 18.4. The number of benzene rings is 1. The molecule has 0 unspecified atom stereocenters. The number of nitrogen functional groups attached to an aromatic ring is 1. The minimum atomic E-state index is -0.420. The van der Waals surface area contributed by atoms with E-state index >= 15 is 0 Å². The molecular weight excluding hydrogens is 419 g/mol. The van der Waals surface area contributed by atoms with E-state index in [-0.39, 0.29) is 0 Å². The van der Waals surface area contributed by atoms with Crippen LogP contribution >= 0.6 is 0 Å². The molecule has 8 nitrogen and oxygen atoms in total. The van der Waals surface area contributed by atoms with Crippen LogP contribution in [0.15, 0.2) is 42.7 Å². The Kier molecular flexibility index (Phi) is 4.81. The number of hydrogen-bond donors (Lipinski definition) is 2. The van der Waals surface area contributed by atoms with Gasteiger partial charge in [-0.15, -0.1) is 0 Å². The number of aromatic nitrogens is 5. The molecule has 2 fully saturated rings. The molecule has 1 aromatic carbocycles. The molecule has 3 aromatic heterocycles. The van der Waals surface area contributed by atoms with E-state index in [1.807, 2.05) is 4.57 Å². The lowest BCUT2D eigenvalue weighted by Gasteiger charge is -2.27. The average molecular weight is 445 g/mol. The van der Waals surface area contributed by atoms with Gasteiger partial charge >= 0.3 is 0 Å². The number of imidazole rings is 1. The van der Waals surface area contributed by atoms with Crippen LogP contribution in [0.1, 0.15) is 23.4 Å². The Morgan fingerprint density at radius 2 is 1.88 bits per heavy atom. The topological polar surface area (TPSA) is 97.8 Å². The minimum Gasteiger partial charge on any atom is -0.382 e. The molecule has 4 aromatic rings. The van der Waals surface area contributed by atoms with Crippen LogP contribution in [-0.2, 0) is 13.1 Å².